The van der Waals surface area contributed by atoms with Crippen molar-refractivity contribution in [1.82, 2.24) is 0 Å². The van der Waals surface area contributed by atoms with Crippen molar-refractivity contribution in [2.24, 2.45) is 11.8 Å². The molecule has 2 aromatic rings. The number of halogens is 4. The highest BCUT2D eigenvalue weighted by atomic mass is 19.2. The molecule has 2 fully saturated rings. The van der Waals surface area contributed by atoms with Crippen molar-refractivity contribution in [1.29, 1.82) is 0 Å². The van der Waals surface area contributed by atoms with E-state index in [4.69, 9.17) is 14.2 Å². The molecule has 3 nitrogen and oxygen atoms in total. The molecular weight excluding hydrogens is 448 g/mol. The molecule has 7 heteroatoms. The smallest absolute Gasteiger partial charge is 0.201 e. The Bertz CT molecular complexity index is 1020. The Morgan fingerprint density at radius 3 is 2.06 bits per heavy atom. The maximum Gasteiger partial charge on any atom is 0.201 e. The van der Waals surface area contributed by atoms with E-state index in [1.807, 2.05) is 13.0 Å². The van der Waals surface area contributed by atoms with Gasteiger partial charge >= 0.3 is 0 Å². The van der Waals surface area contributed by atoms with Crippen LogP contribution in [0, 0.1) is 35.1 Å². The number of hydrogen-bond acceptors (Lipinski definition) is 3. The van der Waals surface area contributed by atoms with E-state index < -0.39 is 29.4 Å². The molecule has 2 aliphatic rings. The summed E-state index contributed by atoms with van der Waals surface area (Å²) in [5.41, 5.74) is -0.606. The van der Waals surface area contributed by atoms with Gasteiger partial charge in [0.25, 0.3) is 0 Å². The van der Waals surface area contributed by atoms with Crippen LogP contribution in [0.25, 0.3) is 11.1 Å². The zero-order valence-corrected chi connectivity index (χ0v) is 19.5. The van der Waals surface area contributed by atoms with Crippen LogP contribution in [0.2, 0.25) is 0 Å². The van der Waals surface area contributed by atoms with Crippen LogP contribution in [-0.4, -0.2) is 25.9 Å². The molecule has 0 amide bonds. The molecule has 2 aliphatic heterocycles. The Morgan fingerprint density at radius 1 is 0.824 bits per heavy atom. The lowest BCUT2D eigenvalue weighted by Crippen LogP contribution is -2.34. The summed E-state index contributed by atoms with van der Waals surface area (Å²) in [6, 6.07) is 5.08. The summed E-state index contributed by atoms with van der Waals surface area (Å²) in [7, 11) is 0. The predicted octanol–water partition coefficient (Wildman–Crippen LogP) is 7.15. The fourth-order valence-electron chi connectivity index (χ4n) is 4.95. The van der Waals surface area contributed by atoms with Gasteiger partial charge in [0.2, 0.25) is 5.82 Å². The zero-order chi connectivity index (χ0) is 24.2. The van der Waals surface area contributed by atoms with Crippen molar-refractivity contribution >= 4 is 0 Å². The maximum atomic E-state index is 15.0. The highest BCUT2D eigenvalue weighted by Gasteiger charge is 2.33. The lowest BCUT2D eigenvalue weighted by molar-refractivity contribution is -0.0722. The number of hydrogen-bond donors (Lipinski definition) is 0. The topological polar surface area (TPSA) is 27.7 Å². The molecule has 0 spiro atoms. The van der Waals surface area contributed by atoms with Crippen molar-refractivity contribution in [3.8, 4) is 16.9 Å². The molecule has 0 N–H and O–H groups in total. The Hall–Kier alpha value is -2.38. The molecule has 2 heterocycles. The van der Waals surface area contributed by atoms with E-state index in [-0.39, 0.29) is 35.2 Å². The molecule has 4 atom stereocenters. The summed E-state index contributed by atoms with van der Waals surface area (Å²) >= 11 is 0. The molecule has 0 bridgehead atoms. The van der Waals surface area contributed by atoms with Gasteiger partial charge in [-0.05, 0) is 63.5 Å². The molecule has 4 unspecified atom stereocenters. The summed E-state index contributed by atoms with van der Waals surface area (Å²) in [6.45, 7) is 4.90. The van der Waals surface area contributed by atoms with Gasteiger partial charge in [-0.25, -0.2) is 13.2 Å². The molecule has 0 radical (unpaired) electrons. The molecule has 0 aliphatic carbocycles. The number of allylic oxidation sites excluding steroid dienone is 1. The van der Waals surface area contributed by atoms with Crippen LogP contribution in [0.5, 0.6) is 5.75 Å². The van der Waals surface area contributed by atoms with E-state index in [9.17, 15) is 13.2 Å². The Labute approximate surface area is 197 Å². The molecule has 0 aromatic heterocycles. The third-order valence-electron chi connectivity index (χ3n) is 6.83. The normalized spacial score (nSPS) is 25.6. The summed E-state index contributed by atoms with van der Waals surface area (Å²) in [5, 5.41) is 0. The van der Waals surface area contributed by atoms with Gasteiger partial charge in [-0.2, -0.15) is 4.39 Å². The molecule has 4 rings (SSSR count). The summed E-state index contributed by atoms with van der Waals surface area (Å²) < 4.78 is 75.6. The van der Waals surface area contributed by atoms with E-state index in [1.54, 1.807) is 6.92 Å². The van der Waals surface area contributed by atoms with Crippen molar-refractivity contribution in [3.05, 3.63) is 65.2 Å². The van der Waals surface area contributed by atoms with E-state index in [2.05, 4.69) is 6.08 Å². The van der Waals surface area contributed by atoms with Crippen LogP contribution in [0.4, 0.5) is 17.6 Å². The first-order valence-corrected chi connectivity index (χ1v) is 11.9. The van der Waals surface area contributed by atoms with Crippen LogP contribution >= 0.6 is 0 Å². The summed E-state index contributed by atoms with van der Waals surface area (Å²) in [6.07, 6.45) is 7.06. The number of ether oxygens (including phenoxy) is 3. The number of benzene rings is 2. The fourth-order valence-corrected chi connectivity index (χ4v) is 4.95. The summed E-state index contributed by atoms with van der Waals surface area (Å²) in [5.74, 6) is -4.38. The number of rotatable bonds is 6. The average Bonchev–Trinajstić information content (AvgIpc) is 2.85. The zero-order valence-electron chi connectivity index (χ0n) is 19.5. The average molecular weight is 479 g/mol. The SMILES string of the molecule is C/C=C/C1CCC(C2CCC(c3ccc(-c4ccc(OCC)c(F)c4F)c(F)c3F)OC2)CO1. The Morgan fingerprint density at radius 2 is 1.47 bits per heavy atom. The minimum atomic E-state index is -1.28. The largest absolute Gasteiger partial charge is 0.491 e. The minimum Gasteiger partial charge on any atom is -0.491 e. The van der Waals surface area contributed by atoms with Gasteiger partial charge in [-0.3, -0.25) is 0 Å². The lowest BCUT2D eigenvalue weighted by atomic mass is 9.81. The van der Waals surface area contributed by atoms with Crippen LogP contribution in [0.15, 0.2) is 36.4 Å². The van der Waals surface area contributed by atoms with Gasteiger partial charge in [0.05, 0.1) is 32.0 Å². The van der Waals surface area contributed by atoms with Gasteiger partial charge in [0, 0.05) is 16.7 Å². The molecule has 2 aromatic carbocycles. The second kappa shape index (κ2) is 10.9. The van der Waals surface area contributed by atoms with E-state index in [0.29, 0.717) is 31.5 Å². The van der Waals surface area contributed by atoms with Crippen LogP contribution in [-0.2, 0) is 9.47 Å². The molecule has 34 heavy (non-hydrogen) atoms. The first kappa shape index (κ1) is 24.7. The first-order chi connectivity index (χ1) is 16.4. The van der Waals surface area contributed by atoms with Gasteiger partial charge in [0.1, 0.15) is 0 Å². The highest BCUT2D eigenvalue weighted by Crippen LogP contribution is 2.40. The molecule has 2 saturated heterocycles. The predicted molar refractivity (Wildman–Crippen MR) is 122 cm³/mol. The molecular formula is C27H30F4O3. The monoisotopic (exact) mass is 478 g/mol. The van der Waals surface area contributed by atoms with Crippen molar-refractivity contribution < 1.29 is 31.8 Å². The van der Waals surface area contributed by atoms with Crippen LogP contribution < -0.4 is 4.74 Å². The van der Waals surface area contributed by atoms with Crippen molar-refractivity contribution in [3.63, 3.8) is 0 Å². The molecule has 0 saturated carbocycles. The van der Waals surface area contributed by atoms with Gasteiger partial charge in [0.15, 0.2) is 23.2 Å². The van der Waals surface area contributed by atoms with Gasteiger partial charge < -0.3 is 14.2 Å². The first-order valence-electron chi connectivity index (χ1n) is 11.9. The second-order valence-electron chi connectivity index (χ2n) is 8.90. The van der Waals surface area contributed by atoms with Crippen LogP contribution in [0.3, 0.4) is 0 Å². The summed E-state index contributed by atoms with van der Waals surface area (Å²) in [4.78, 5) is 0. The standard InChI is InChI=1S/C27H30F4O3/c1-3-5-18-8-6-16(14-33-18)17-7-12-22(34-15-17)21-10-9-19(24(28)26(21)30)20-11-13-23(32-4-2)27(31)25(20)29/h3,5,9-11,13,16-18,22H,4,6-8,12,14-15H2,1-2H3/b5-3+. The van der Waals surface area contributed by atoms with E-state index in [1.165, 1.54) is 24.3 Å². The lowest BCUT2D eigenvalue weighted by Gasteiger charge is -2.37. The van der Waals surface area contributed by atoms with Crippen molar-refractivity contribution in [2.45, 2.75) is 51.7 Å². The third kappa shape index (κ3) is 5.01. The van der Waals surface area contributed by atoms with Crippen molar-refractivity contribution in [2.75, 3.05) is 19.8 Å². The van der Waals surface area contributed by atoms with Crippen LogP contribution in [0.1, 0.15) is 51.2 Å². The van der Waals surface area contributed by atoms with E-state index >= 15 is 4.39 Å². The molecule has 184 valence electrons. The second-order valence-corrected chi connectivity index (χ2v) is 8.90. The Kier molecular flexibility index (Phi) is 7.94. The third-order valence-corrected chi connectivity index (χ3v) is 6.83. The maximum absolute atomic E-state index is 15.0. The van der Waals surface area contributed by atoms with E-state index in [0.717, 1.165) is 19.3 Å². The minimum absolute atomic E-state index is 0.0968. The Balaban J connectivity index is 1.45. The van der Waals surface area contributed by atoms with Gasteiger partial charge in [-0.15, -0.1) is 0 Å². The van der Waals surface area contributed by atoms with Gasteiger partial charge in [-0.1, -0.05) is 24.3 Å². The quantitative estimate of drug-likeness (QED) is 0.326. The highest BCUT2D eigenvalue weighted by molar-refractivity contribution is 5.66. The fraction of sp³-hybridized carbons (Fsp3) is 0.481.